The van der Waals surface area contributed by atoms with Crippen LogP contribution >= 0.6 is 15.9 Å². The molecule has 14 heavy (non-hydrogen) atoms. The highest BCUT2D eigenvalue weighted by Gasteiger charge is 2.12. The highest BCUT2D eigenvalue weighted by Crippen LogP contribution is 2.22. The second kappa shape index (κ2) is 3.42. The minimum absolute atomic E-state index is 0.363. The molecule has 0 aliphatic carbocycles. The van der Waals surface area contributed by atoms with E-state index in [2.05, 4.69) is 30.9 Å². The Labute approximate surface area is 88.4 Å². The van der Waals surface area contributed by atoms with Crippen LogP contribution in [0.3, 0.4) is 0 Å². The minimum Gasteiger partial charge on any atom is -0.465 e. The zero-order valence-corrected chi connectivity index (χ0v) is 8.96. The van der Waals surface area contributed by atoms with E-state index in [0.717, 1.165) is 15.4 Å². The third-order valence-corrected chi connectivity index (χ3v) is 2.39. The summed E-state index contributed by atoms with van der Waals surface area (Å²) in [6, 6.07) is 3.57. The summed E-state index contributed by atoms with van der Waals surface area (Å²) < 4.78 is 5.48. The average Bonchev–Trinajstić information content (AvgIpc) is 2.62. The fourth-order valence-corrected chi connectivity index (χ4v) is 1.75. The van der Waals surface area contributed by atoms with E-state index in [1.807, 2.05) is 6.07 Å². The topological polar surface area (TPSA) is 55.0 Å². The Kier molecular flexibility index (Phi) is 2.25. The van der Waals surface area contributed by atoms with Crippen LogP contribution in [0.1, 0.15) is 10.4 Å². The number of halogens is 1. The molecule has 0 amide bonds. The van der Waals surface area contributed by atoms with Gasteiger partial charge in [0.1, 0.15) is 0 Å². The Balaban J connectivity index is 2.72. The van der Waals surface area contributed by atoms with Crippen molar-refractivity contribution in [3.63, 3.8) is 0 Å². The number of H-pyrrole nitrogens is 1. The number of hydrogen-bond acceptors (Lipinski definition) is 3. The number of nitrogens with one attached hydrogen (secondary N) is 1. The van der Waals surface area contributed by atoms with Crippen LogP contribution in [-0.2, 0) is 4.74 Å². The number of aromatic nitrogens is 2. The summed E-state index contributed by atoms with van der Waals surface area (Å²) in [4.78, 5) is 11.4. The quantitative estimate of drug-likeness (QED) is 0.794. The summed E-state index contributed by atoms with van der Waals surface area (Å²) in [6.45, 7) is 0. The van der Waals surface area contributed by atoms with E-state index in [1.165, 1.54) is 7.11 Å². The number of hydrogen-bond donors (Lipinski definition) is 1. The molecule has 0 fully saturated rings. The maximum absolute atomic E-state index is 11.4. The van der Waals surface area contributed by atoms with Crippen LogP contribution in [0.5, 0.6) is 0 Å². The molecule has 0 unspecified atom stereocenters. The number of ether oxygens (including phenoxy) is 1. The molecular weight excluding hydrogens is 248 g/mol. The van der Waals surface area contributed by atoms with Crippen LogP contribution in [0.25, 0.3) is 10.9 Å². The Morgan fingerprint density at radius 2 is 2.36 bits per heavy atom. The zero-order chi connectivity index (χ0) is 10.1. The van der Waals surface area contributed by atoms with E-state index >= 15 is 0 Å². The molecule has 0 saturated heterocycles. The van der Waals surface area contributed by atoms with Crippen molar-refractivity contribution in [2.45, 2.75) is 0 Å². The maximum atomic E-state index is 11.4. The smallest absolute Gasteiger partial charge is 0.338 e. The molecule has 4 nitrogen and oxygen atoms in total. The fourth-order valence-electron chi connectivity index (χ4n) is 1.29. The third kappa shape index (κ3) is 1.39. The first kappa shape index (κ1) is 9.21. The van der Waals surface area contributed by atoms with Gasteiger partial charge in [-0.25, -0.2) is 4.79 Å². The molecule has 0 bridgehead atoms. The molecule has 0 aliphatic heterocycles. The molecule has 1 heterocycles. The standard InChI is InChI=1S/C9H7BrN2O2/c1-14-9(13)6-2-5(10)3-8-7(6)4-11-12-8/h2-4H,1H3,(H,11,12). The SMILES string of the molecule is COC(=O)c1cc(Br)cc2[nH]ncc12. The first-order valence-electron chi connectivity index (χ1n) is 3.93. The minimum atomic E-state index is -0.363. The van der Waals surface area contributed by atoms with Gasteiger partial charge in [0.05, 0.1) is 24.4 Å². The van der Waals surface area contributed by atoms with E-state index in [1.54, 1.807) is 12.3 Å². The van der Waals surface area contributed by atoms with Crippen molar-refractivity contribution in [3.05, 3.63) is 28.4 Å². The number of rotatable bonds is 1. The summed E-state index contributed by atoms with van der Waals surface area (Å²) in [7, 11) is 1.36. The largest absolute Gasteiger partial charge is 0.465 e. The van der Waals surface area contributed by atoms with Crippen LogP contribution in [0.2, 0.25) is 0 Å². The van der Waals surface area contributed by atoms with Gasteiger partial charge in [-0.05, 0) is 12.1 Å². The third-order valence-electron chi connectivity index (χ3n) is 1.93. The van der Waals surface area contributed by atoms with Crippen molar-refractivity contribution in [3.8, 4) is 0 Å². The molecule has 0 radical (unpaired) electrons. The molecule has 0 aliphatic rings. The molecule has 0 spiro atoms. The second-order valence-corrected chi connectivity index (χ2v) is 3.69. The van der Waals surface area contributed by atoms with Crippen molar-refractivity contribution in [1.29, 1.82) is 0 Å². The van der Waals surface area contributed by atoms with Crippen LogP contribution in [0.4, 0.5) is 0 Å². The first-order valence-corrected chi connectivity index (χ1v) is 4.72. The summed E-state index contributed by atoms with van der Waals surface area (Å²) in [5, 5.41) is 7.42. The van der Waals surface area contributed by atoms with Crippen LogP contribution in [0.15, 0.2) is 22.8 Å². The number of nitrogens with zero attached hydrogens (tertiary/aromatic N) is 1. The van der Waals surface area contributed by atoms with Gasteiger partial charge in [0.25, 0.3) is 0 Å². The number of benzene rings is 1. The van der Waals surface area contributed by atoms with Crippen molar-refractivity contribution in [1.82, 2.24) is 10.2 Å². The van der Waals surface area contributed by atoms with Crippen LogP contribution < -0.4 is 0 Å². The normalized spacial score (nSPS) is 10.4. The van der Waals surface area contributed by atoms with Gasteiger partial charge in [-0.3, -0.25) is 5.10 Å². The lowest BCUT2D eigenvalue weighted by atomic mass is 10.1. The van der Waals surface area contributed by atoms with Gasteiger partial charge >= 0.3 is 5.97 Å². The number of fused-ring (bicyclic) bond motifs is 1. The Morgan fingerprint density at radius 3 is 3.07 bits per heavy atom. The highest BCUT2D eigenvalue weighted by atomic mass is 79.9. The number of aromatic amines is 1. The van der Waals surface area contributed by atoms with Gasteiger partial charge in [0.2, 0.25) is 0 Å². The van der Waals surface area contributed by atoms with E-state index in [9.17, 15) is 4.79 Å². The fraction of sp³-hybridized carbons (Fsp3) is 0.111. The van der Waals surface area contributed by atoms with E-state index in [0.29, 0.717) is 5.56 Å². The lowest BCUT2D eigenvalue weighted by Crippen LogP contribution is -2.01. The summed E-state index contributed by atoms with van der Waals surface area (Å²) in [5.74, 6) is -0.363. The molecule has 0 atom stereocenters. The molecule has 1 aromatic carbocycles. The Morgan fingerprint density at radius 1 is 1.57 bits per heavy atom. The molecule has 1 N–H and O–H groups in total. The summed E-state index contributed by atoms with van der Waals surface area (Å²) in [5.41, 5.74) is 1.31. The molecule has 0 saturated carbocycles. The average molecular weight is 255 g/mol. The van der Waals surface area contributed by atoms with Gasteiger partial charge in [-0.15, -0.1) is 0 Å². The zero-order valence-electron chi connectivity index (χ0n) is 7.37. The number of carbonyl (C=O) groups is 1. The molecule has 2 aromatic rings. The molecule has 2 rings (SSSR count). The molecule has 72 valence electrons. The molecule has 1 aromatic heterocycles. The van der Waals surface area contributed by atoms with Gasteiger partial charge in [-0.1, -0.05) is 15.9 Å². The monoisotopic (exact) mass is 254 g/mol. The Hall–Kier alpha value is -1.36. The van der Waals surface area contributed by atoms with Gasteiger partial charge in [0.15, 0.2) is 0 Å². The van der Waals surface area contributed by atoms with E-state index in [-0.39, 0.29) is 5.97 Å². The van der Waals surface area contributed by atoms with Crippen molar-refractivity contribution in [2.24, 2.45) is 0 Å². The summed E-state index contributed by atoms with van der Waals surface area (Å²) in [6.07, 6.45) is 1.61. The van der Waals surface area contributed by atoms with E-state index in [4.69, 9.17) is 0 Å². The highest BCUT2D eigenvalue weighted by molar-refractivity contribution is 9.10. The lowest BCUT2D eigenvalue weighted by molar-refractivity contribution is 0.0603. The van der Waals surface area contributed by atoms with Gasteiger partial charge < -0.3 is 4.74 Å². The van der Waals surface area contributed by atoms with E-state index < -0.39 is 0 Å². The predicted octanol–water partition coefficient (Wildman–Crippen LogP) is 2.11. The second-order valence-electron chi connectivity index (χ2n) is 2.78. The number of esters is 1. The van der Waals surface area contributed by atoms with Gasteiger partial charge in [-0.2, -0.15) is 5.10 Å². The van der Waals surface area contributed by atoms with Crippen molar-refractivity contribution >= 4 is 32.8 Å². The predicted molar refractivity (Wildman–Crippen MR) is 55.1 cm³/mol. The van der Waals surface area contributed by atoms with Crippen molar-refractivity contribution in [2.75, 3.05) is 7.11 Å². The maximum Gasteiger partial charge on any atom is 0.338 e. The van der Waals surface area contributed by atoms with Crippen LogP contribution in [0, 0.1) is 0 Å². The van der Waals surface area contributed by atoms with Crippen molar-refractivity contribution < 1.29 is 9.53 Å². The molecular formula is C9H7BrN2O2. The number of methoxy groups -OCH3 is 1. The van der Waals surface area contributed by atoms with Crippen LogP contribution in [-0.4, -0.2) is 23.3 Å². The lowest BCUT2D eigenvalue weighted by Gasteiger charge is -2.01. The molecule has 5 heteroatoms. The Bertz CT molecular complexity index is 493. The number of carbonyl (C=O) groups excluding carboxylic acids is 1. The van der Waals surface area contributed by atoms with Gasteiger partial charge in [0, 0.05) is 9.86 Å². The summed E-state index contributed by atoms with van der Waals surface area (Å²) >= 11 is 3.31. The first-order chi connectivity index (χ1) is 6.72.